The fourth-order valence-electron chi connectivity index (χ4n) is 2.64. The monoisotopic (exact) mass is 310 g/mol. The van der Waals surface area contributed by atoms with Crippen molar-refractivity contribution in [1.29, 1.82) is 0 Å². The zero-order valence-electron chi connectivity index (χ0n) is 13.0. The number of aromatic amines is 2. The van der Waals surface area contributed by atoms with Gasteiger partial charge in [-0.15, -0.1) is 0 Å². The zero-order valence-corrected chi connectivity index (χ0v) is 13.0. The lowest BCUT2D eigenvalue weighted by Crippen LogP contribution is -2.34. The normalized spacial score (nSPS) is 12.3. The van der Waals surface area contributed by atoms with E-state index in [0.29, 0.717) is 17.5 Å². The van der Waals surface area contributed by atoms with E-state index in [9.17, 15) is 9.59 Å². The van der Waals surface area contributed by atoms with E-state index in [-0.39, 0.29) is 17.5 Å². The lowest BCUT2D eigenvalue weighted by Gasteiger charge is -2.13. The van der Waals surface area contributed by atoms with E-state index in [1.54, 1.807) is 6.07 Å². The first-order valence-electron chi connectivity index (χ1n) is 7.47. The van der Waals surface area contributed by atoms with Crippen LogP contribution >= 0.6 is 0 Å². The molecule has 0 aliphatic heterocycles. The van der Waals surface area contributed by atoms with E-state index >= 15 is 0 Å². The van der Waals surface area contributed by atoms with Gasteiger partial charge in [0, 0.05) is 35.1 Å². The first-order valence-corrected chi connectivity index (χ1v) is 7.47. The minimum Gasteiger partial charge on any atom is -0.349 e. The maximum Gasteiger partial charge on any atom is 0.252 e. The van der Waals surface area contributed by atoms with Crippen molar-refractivity contribution in [1.82, 2.24) is 20.5 Å². The molecule has 1 amide bonds. The maximum absolute atomic E-state index is 12.5. The van der Waals surface area contributed by atoms with Crippen molar-refractivity contribution >= 4 is 16.8 Å². The lowest BCUT2D eigenvalue weighted by molar-refractivity contribution is 0.0941. The second-order valence-corrected chi connectivity index (χ2v) is 5.71. The number of hydrogen-bond donors (Lipinski definition) is 3. The van der Waals surface area contributed by atoms with Gasteiger partial charge in [0.05, 0.1) is 11.3 Å². The predicted octanol–water partition coefficient (Wildman–Crippen LogP) is 1.92. The van der Waals surface area contributed by atoms with Crippen LogP contribution < -0.4 is 10.9 Å². The largest absolute Gasteiger partial charge is 0.349 e. The van der Waals surface area contributed by atoms with E-state index in [4.69, 9.17) is 0 Å². The number of pyridine rings is 1. The highest BCUT2D eigenvalue weighted by Gasteiger charge is 2.15. The Morgan fingerprint density at radius 1 is 1.30 bits per heavy atom. The second-order valence-electron chi connectivity index (χ2n) is 5.71. The number of nitrogens with one attached hydrogen (secondary N) is 3. The first kappa shape index (κ1) is 15.0. The molecular weight excluding hydrogens is 292 g/mol. The van der Waals surface area contributed by atoms with Gasteiger partial charge in [0.15, 0.2) is 0 Å². The predicted molar refractivity (Wildman–Crippen MR) is 88.5 cm³/mol. The number of hydrogen-bond acceptors (Lipinski definition) is 3. The Morgan fingerprint density at radius 2 is 2.09 bits per heavy atom. The molecule has 6 heteroatoms. The molecule has 0 spiro atoms. The van der Waals surface area contributed by atoms with Crippen LogP contribution in [0.5, 0.6) is 0 Å². The molecule has 0 unspecified atom stereocenters. The molecule has 2 aromatic heterocycles. The van der Waals surface area contributed by atoms with Crippen molar-refractivity contribution < 1.29 is 4.79 Å². The van der Waals surface area contributed by atoms with E-state index in [2.05, 4.69) is 20.5 Å². The van der Waals surface area contributed by atoms with Gasteiger partial charge in [-0.05, 0) is 26.0 Å². The Labute approximate surface area is 132 Å². The molecular formula is C17H18N4O2. The van der Waals surface area contributed by atoms with Crippen LogP contribution in [0.2, 0.25) is 0 Å². The molecule has 1 aromatic carbocycles. The van der Waals surface area contributed by atoms with E-state index in [1.807, 2.05) is 38.1 Å². The summed E-state index contributed by atoms with van der Waals surface area (Å²) in [7, 11) is 0. The minimum atomic E-state index is -0.288. The summed E-state index contributed by atoms with van der Waals surface area (Å²) in [6.45, 7) is 3.85. The Hall–Kier alpha value is -2.89. The van der Waals surface area contributed by atoms with Crippen molar-refractivity contribution in [2.75, 3.05) is 0 Å². The molecule has 1 atom stereocenters. The van der Waals surface area contributed by atoms with Gasteiger partial charge in [-0.25, -0.2) is 0 Å². The summed E-state index contributed by atoms with van der Waals surface area (Å²) in [5, 5.41) is 10.7. The first-order chi connectivity index (χ1) is 11.0. The molecule has 3 aromatic rings. The van der Waals surface area contributed by atoms with Gasteiger partial charge in [0.2, 0.25) is 5.56 Å². The molecule has 23 heavy (non-hydrogen) atoms. The average Bonchev–Trinajstić information content (AvgIpc) is 2.91. The second kappa shape index (κ2) is 6.08. The van der Waals surface area contributed by atoms with Gasteiger partial charge < -0.3 is 10.3 Å². The molecule has 0 aliphatic rings. The fourth-order valence-corrected chi connectivity index (χ4v) is 2.64. The molecule has 0 saturated heterocycles. The highest BCUT2D eigenvalue weighted by molar-refractivity contribution is 6.06. The van der Waals surface area contributed by atoms with Crippen LogP contribution in [-0.2, 0) is 6.42 Å². The minimum absolute atomic E-state index is 0.0942. The van der Waals surface area contributed by atoms with Crippen LogP contribution in [0, 0.1) is 6.92 Å². The molecule has 0 aliphatic carbocycles. The van der Waals surface area contributed by atoms with Crippen molar-refractivity contribution in [2.24, 2.45) is 0 Å². The summed E-state index contributed by atoms with van der Waals surface area (Å²) in [6, 6.07) is 10.5. The Morgan fingerprint density at radius 3 is 2.83 bits per heavy atom. The number of aryl methyl sites for hydroxylation is 1. The number of H-pyrrole nitrogens is 2. The Bertz CT molecular complexity index is 910. The van der Waals surface area contributed by atoms with Gasteiger partial charge in [0.25, 0.3) is 5.91 Å². The number of amides is 1. The fraction of sp³-hybridized carbons (Fsp3) is 0.235. The summed E-state index contributed by atoms with van der Waals surface area (Å²) in [5.74, 6) is -0.257. The van der Waals surface area contributed by atoms with Crippen LogP contribution in [0.15, 0.2) is 41.2 Å². The maximum atomic E-state index is 12.5. The number of aromatic nitrogens is 3. The highest BCUT2D eigenvalue weighted by atomic mass is 16.2. The standard InChI is InChI=1S/C17H18N4O2/c1-10(7-12-8-11(2)20-21-12)18-17(23)14-9-16(22)19-15-6-4-3-5-13(14)15/h3-6,8-10H,7H2,1-2H3,(H,18,23)(H,19,22)(H,20,21)/t10-/m1/s1. The smallest absolute Gasteiger partial charge is 0.252 e. The van der Waals surface area contributed by atoms with Gasteiger partial charge in [-0.1, -0.05) is 18.2 Å². The molecule has 118 valence electrons. The van der Waals surface area contributed by atoms with Crippen LogP contribution in [0.3, 0.4) is 0 Å². The third kappa shape index (κ3) is 3.31. The van der Waals surface area contributed by atoms with E-state index in [1.165, 1.54) is 6.07 Å². The van der Waals surface area contributed by atoms with Gasteiger partial charge in [-0.2, -0.15) is 5.10 Å². The van der Waals surface area contributed by atoms with E-state index in [0.717, 1.165) is 16.8 Å². The highest BCUT2D eigenvalue weighted by Crippen LogP contribution is 2.14. The van der Waals surface area contributed by atoms with Crippen LogP contribution in [-0.4, -0.2) is 27.1 Å². The van der Waals surface area contributed by atoms with Crippen LogP contribution in [0.1, 0.15) is 28.7 Å². The molecule has 3 rings (SSSR count). The van der Waals surface area contributed by atoms with Crippen LogP contribution in [0.4, 0.5) is 0 Å². The van der Waals surface area contributed by atoms with Crippen molar-refractivity contribution in [2.45, 2.75) is 26.3 Å². The number of carbonyl (C=O) groups excluding carboxylic acids is 1. The molecule has 2 heterocycles. The third-order valence-electron chi connectivity index (χ3n) is 3.65. The molecule has 3 N–H and O–H groups in total. The SMILES string of the molecule is Cc1cc(C[C@@H](C)NC(=O)c2cc(=O)[nH]c3ccccc23)n[nH]1. The van der Waals surface area contributed by atoms with Crippen molar-refractivity contribution in [3.63, 3.8) is 0 Å². The number of benzene rings is 1. The molecule has 6 nitrogen and oxygen atoms in total. The lowest BCUT2D eigenvalue weighted by atomic mass is 10.1. The number of rotatable bonds is 4. The average molecular weight is 310 g/mol. The van der Waals surface area contributed by atoms with Gasteiger partial charge >= 0.3 is 0 Å². The summed E-state index contributed by atoms with van der Waals surface area (Å²) >= 11 is 0. The number of fused-ring (bicyclic) bond motifs is 1. The molecule has 0 bridgehead atoms. The van der Waals surface area contributed by atoms with Gasteiger partial charge in [-0.3, -0.25) is 14.7 Å². The Kier molecular flexibility index (Phi) is 3.97. The van der Waals surface area contributed by atoms with Gasteiger partial charge in [0.1, 0.15) is 0 Å². The summed E-state index contributed by atoms with van der Waals surface area (Å²) in [6.07, 6.45) is 0.622. The summed E-state index contributed by atoms with van der Waals surface area (Å²) < 4.78 is 0. The van der Waals surface area contributed by atoms with E-state index < -0.39 is 0 Å². The molecule has 0 radical (unpaired) electrons. The topological polar surface area (TPSA) is 90.6 Å². The van der Waals surface area contributed by atoms with Crippen molar-refractivity contribution in [3.8, 4) is 0 Å². The Balaban J connectivity index is 1.82. The van der Waals surface area contributed by atoms with Crippen LogP contribution in [0.25, 0.3) is 10.9 Å². The number of para-hydroxylation sites is 1. The summed E-state index contributed by atoms with van der Waals surface area (Å²) in [4.78, 5) is 27.0. The quantitative estimate of drug-likeness (QED) is 0.687. The molecule has 0 fully saturated rings. The third-order valence-corrected chi connectivity index (χ3v) is 3.65. The zero-order chi connectivity index (χ0) is 16.4. The summed E-state index contributed by atoms with van der Waals surface area (Å²) in [5.41, 5.74) is 2.63. The number of carbonyl (C=O) groups is 1. The number of nitrogens with zero attached hydrogens (tertiary/aromatic N) is 1. The molecule has 0 saturated carbocycles. The van der Waals surface area contributed by atoms with Crippen molar-refractivity contribution in [3.05, 3.63) is 63.7 Å².